The van der Waals surface area contributed by atoms with Crippen molar-refractivity contribution >= 4 is 5.91 Å². The van der Waals surface area contributed by atoms with Gasteiger partial charge in [0.15, 0.2) is 6.23 Å². The van der Waals surface area contributed by atoms with Crippen molar-refractivity contribution < 1.29 is 19.4 Å². The van der Waals surface area contributed by atoms with E-state index >= 15 is 0 Å². The van der Waals surface area contributed by atoms with Gasteiger partial charge < -0.3 is 19.9 Å². The van der Waals surface area contributed by atoms with Crippen LogP contribution in [0.5, 0.6) is 0 Å². The predicted molar refractivity (Wildman–Crippen MR) is 46.8 cm³/mol. The smallest absolute Gasteiger partial charge is 0.248 e. The van der Waals surface area contributed by atoms with Crippen molar-refractivity contribution in [2.24, 2.45) is 0 Å². The topological polar surface area (TPSA) is 67.8 Å². The van der Waals surface area contributed by atoms with E-state index in [9.17, 15) is 9.90 Å². The lowest BCUT2D eigenvalue weighted by Crippen LogP contribution is -2.45. The third-order valence-electron chi connectivity index (χ3n) is 1.39. The van der Waals surface area contributed by atoms with Crippen LogP contribution in [0, 0.1) is 0 Å². The van der Waals surface area contributed by atoms with E-state index in [4.69, 9.17) is 9.47 Å². The van der Waals surface area contributed by atoms with Crippen molar-refractivity contribution in [3.05, 3.63) is 12.2 Å². The molecule has 0 aliphatic heterocycles. The fourth-order valence-corrected chi connectivity index (χ4v) is 0.680. The minimum atomic E-state index is -1.20. The molecule has 1 amide bonds. The van der Waals surface area contributed by atoms with E-state index in [1.54, 1.807) is 0 Å². The first-order valence-electron chi connectivity index (χ1n) is 3.73. The molecular formula is C8H15NO4. The van der Waals surface area contributed by atoms with Crippen LogP contribution in [0.3, 0.4) is 0 Å². The lowest BCUT2D eigenvalue weighted by Gasteiger charge is -2.20. The molecular weight excluding hydrogens is 174 g/mol. The third kappa shape index (κ3) is 4.02. The number of amides is 1. The van der Waals surface area contributed by atoms with Gasteiger partial charge in [-0.2, -0.15) is 0 Å². The second kappa shape index (κ2) is 5.69. The van der Waals surface area contributed by atoms with E-state index < -0.39 is 18.4 Å². The Kier molecular flexibility index (Phi) is 5.29. The Hall–Kier alpha value is -0.910. The number of hydrogen-bond acceptors (Lipinski definition) is 4. The third-order valence-corrected chi connectivity index (χ3v) is 1.39. The molecule has 0 aromatic heterocycles. The number of methoxy groups -OCH3 is 2. The molecule has 2 N–H and O–H groups in total. The first kappa shape index (κ1) is 12.1. The van der Waals surface area contributed by atoms with Gasteiger partial charge in [-0.05, 0) is 6.92 Å². The zero-order chi connectivity index (χ0) is 10.4. The van der Waals surface area contributed by atoms with Crippen molar-refractivity contribution in [1.82, 2.24) is 5.32 Å². The molecule has 0 spiro atoms. The molecule has 0 radical (unpaired) electrons. The molecule has 0 aromatic carbocycles. The van der Waals surface area contributed by atoms with Crippen molar-refractivity contribution in [3.63, 3.8) is 0 Å². The predicted octanol–water partition coefficient (Wildman–Crippen LogP) is -0.384. The zero-order valence-electron chi connectivity index (χ0n) is 8.03. The van der Waals surface area contributed by atoms with Gasteiger partial charge in [-0.15, -0.1) is 0 Å². The van der Waals surface area contributed by atoms with Gasteiger partial charge in [0.2, 0.25) is 12.2 Å². The molecule has 0 bridgehead atoms. The van der Waals surface area contributed by atoms with Crippen molar-refractivity contribution in [2.75, 3.05) is 14.2 Å². The summed E-state index contributed by atoms with van der Waals surface area (Å²) >= 11 is 0. The second-order valence-corrected chi connectivity index (χ2v) is 2.54. The van der Waals surface area contributed by atoms with Crippen molar-refractivity contribution in [2.45, 2.75) is 19.4 Å². The molecule has 5 nitrogen and oxygen atoms in total. The number of rotatable bonds is 5. The SMILES string of the molecule is C=C(C)C(=O)NC(O)C(OC)OC. The van der Waals surface area contributed by atoms with Gasteiger partial charge in [0.1, 0.15) is 0 Å². The monoisotopic (exact) mass is 189 g/mol. The molecule has 0 saturated carbocycles. The fourth-order valence-electron chi connectivity index (χ4n) is 0.680. The molecule has 0 fully saturated rings. The standard InChI is InChI=1S/C8H15NO4/c1-5(2)6(10)9-7(11)8(12-3)13-4/h7-8,11H,1H2,2-4H3,(H,9,10). The summed E-state index contributed by atoms with van der Waals surface area (Å²) in [7, 11) is 2.73. The normalized spacial score (nSPS) is 12.7. The van der Waals surface area contributed by atoms with Gasteiger partial charge in [-0.3, -0.25) is 4.79 Å². The van der Waals surface area contributed by atoms with Crippen LogP contribution >= 0.6 is 0 Å². The summed E-state index contributed by atoms with van der Waals surface area (Å²) in [6.07, 6.45) is -2.07. The van der Waals surface area contributed by atoms with E-state index in [1.165, 1.54) is 21.1 Å². The number of aliphatic hydroxyl groups excluding tert-OH is 1. The molecule has 1 atom stereocenters. The maximum atomic E-state index is 11.0. The minimum Gasteiger partial charge on any atom is -0.369 e. The van der Waals surface area contributed by atoms with Gasteiger partial charge in [0, 0.05) is 19.8 Å². The summed E-state index contributed by atoms with van der Waals surface area (Å²) in [5, 5.41) is 11.6. The van der Waals surface area contributed by atoms with Crippen LogP contribution in [0.15, 0.2) is 12.2 Å². The van der Waals surface area contributed by atoms with E-state index in [-0.39, 0.29) is 0 Å². The molecule has 0 aliphatic carbocycles. The van der Waals surface area contributed by atoms with Crippen LogP contribution in [0.4, 0.5) is 0 Å². The molecule has 5 heteroatoms. The van der Waals surface area contributed by atoms with Gasteiger partial charge in [0.25, 0.3) is 0 Å². The first-order valence-corrected chi connectivity index (χ1v) is 3.73. The van der Waals surface area contributed by atoms with Gasteiger partial charge in [0.05, 0.1) is 0 Å². The summed E-state index contributed by atoms with van der Waals surface area (Å²) in [5.41, 5.74) is 0.310. The van der Waals surface area contributed by atoms with Crippen LogP contribution in [0.25, 0.3) is 0 Å². The van der Waals surface area contributed by atoms with Crippen LogP contribution in [0.2, 0.25) is 0 Å². The molecule has 0 saturated heterocycles. The largest absolute Gasteiger partial charge is 0.369 e. The summed E-state index contributed by atoms with van der Waals surface area (Å²) < 4.78 is 9.45. The molecule has 76 valence electrons. The highest BCUT2D eigenvalue weighted by Crippen LogP contribution is 1.97. The van der Waals surface area contributed by atoms with Crippen molar-refractivity contribution in [1.29, 1.82) is 0 Å². The molecule has 13 heavy (non-hydrogen) atoms. The molecule has 1 unspecified atom stereocenters. The number of carbonyl (C=O) groups is 1. The minimum absolute atomic E-state index is 0.310. The average molecular weight is 189 g/mol. The average Bonchev–Trinajstić information content (AvgIpc) is 2.06. The van der Waals surface area contributed by atoms with E-state index in [1.807, 2.05) is 0 Å². The molecule has 0 rings (SSSR count). The Labute approximate surface area is 77.3 Å². The van der Waals surface area contributed by atoms with Crippen LogP contribution in [0.1, 0.15) is 6.92 Å². The number of carbonyl (C=O) groups excluding carboxylic acids is 1. The Morgan fingerprint density at radius 2 is 1.92 bits per heavy atom. The van der Waals surface area contributed by atoms with Gasteiger partial charge in [-0.1, -0.05) is 6.58 Å². The first-order chi connectivity index (χ1) is 6.02. The number of ether oxygens (including phenoxy) is 2. The van der Waals surface area contributed by atoms with E-state index in [0.717, 1.165) is 0 Å². The molecule has 0 aromatic rings. The number of nitrogens with one attached hydrogen (secondary N) is 1. The maximum absolute atomic E-state index is 11.0. The summed E-state index contributed by atoms with van der Waals surface area (Å²) in [5.74, 6) is -0.438. The van der Waals surface area contributed by atoms with Gasteiger partial charge in [-0.25, -0.2) is 0 Å². The lowest BCUT2D eigenvalue weighted by molar-refractivity contribution is -0.175. The van der Waals surface area contributed by atoms with Crippen LogP contribution in [-0.4, -0.2) is 37.8 Å². The van der Waals surface area contributed by atoms with Gasteiger partial charge >= 0.3 is 0 Å². The number of aliphatic hydroxyl groups is 1. The molecule has 0 heterocycles. The maximum Gasteiger partial charge on any atom is 0.248 e. The Bertz CT molecular complexity index is 189. The van der Waals surface area contributed by atoms with E-state index in [2.05, 4.69) is 11.9 Å². The lowest BCUT2D eigenvalue weighted by atomic mass is 10.3. The summed E-state index contributed by atoms with van der Waals surface area (Å²) in [6.45, 7) is 4.95. The Morgan fingerprint density at radius 1 is 1.46 bits per heavy atom. The zero-order valence-corrected chi connectivity index (χ0v) is 8.03. The highest BCUT2D eigenvalue weighted by atomic mass is 16.7. The van der Waals surface area contributed by atoms with Crippen LogP contribution < -0.4 is 5.32 Å². The highest BCUT2D eigenvalue weighted by molar-refractivity contribution is 5.92. The highest BCUT2D eigenvalue weighted by Gasteiger charge is 2.19. The summed E-state index contributed by atoms with van der Waals surface area (Å²) in [6, 6.07) is 0. The second-order valence-electron chi connectivity index (χ2n) is 2.54. The quantitative estimate of drug-likeness (QED) is 0.457. The fraction of sp³-hybridized carbons (Fsp3) is 0.625. The van der Waals surface area contributed by atoms with Crippen LogP contribution in [-0.2, 0) is 14.3 Å². The Balaban J connectivity index is 4.04. The molecule has 0 aliphatic rings. The van der Waals surface area contributed by atoms with E-state index in [0.29, 0.717) is 5.57 Å². The Morgan fingerprint density at radius 3 is 2.23 bits per heavy atom. The number of hydrogen-bond donors (Lipinski definition) is 2. The summed E-state index contributed by atoms with van der Waals surface area (Å²) in [4.78, 5) is 11.0. The van der Waals surface area contributed by atoms with Crippen molar-refractivity contribution in [3.8, 4) is 0 Å².